The van der Waals surface area contributed by atoms with Crippen LogP contribution in [-0.2, 0) is 4.43 Å². The summed E-state index contributed by atoms with van der Waals surface area (Å²) < 4.78 is 6.30. The van der Waals surface area contributed by atoms with E-state index in [1.54, 1.807) is 0 Å². The first-order chi connectivity index (χ1) is 11.1. The smallest absolute Gasteiger partial charge is 0.343 e. The summed E-state index contributed by atoms with van der Waals surface area (Å²) in [7, 11) is -1.82. The zero-order chi connectivity index (χ0) is 18.0. The van der Waals surface area contributed by atoms with Gasteiger partial charge in [0.1, 0.15) is 6.61 Å². The molecule has 0 bridgehead atoms. The molecule has 1 fully saturated rings. The molecule has 0 unspecified atom stereocenters. The summed E-state index contributed by atoms with van der Waals surface area (Å²) in [6, 6.07) is 10.9. The Kier molecular flexibility index (Phi) is 5.94. The number of allylic oxidation sites excluding steroid dienone is 1. The van der Waals surface area contributed by atoms with E-state index in [-0.39, 0.29) is 10.9 Å². The maximum atomic E-state index is 10.7. The van der Waals surface area contributed by atoms with Gasteiger partial charge in [-0.05, 0) is 30.6 Å². The molecule has 1 heterocycles. The van der Waals surface area contributed by atoms with E-state index in [1.165, 1.54) is 0 Å². The minimum Gasteiger partial charge on any atom is -0.464 e. The van der Waals surface area contributed by atoms with E-state index in [0.29, 0.717) is 6.61 Å². The number of nitrogens with zero attached hydrogens (tertiary/aromatic N) is 1. The first kappa shape index (κ1) is 19.2. The highest BCUT2D eigenvalue weighted by Crippen LogP contribution is 2.38. The first-order valence-electron chi connectivity index (χ1n) is 8.39. The highest BCUT2D eigenvalue weighted by atomic mass is 28.4. The van der Waals surface area contributed by atoms with Crippen LogP contribution in [0.5, 0.6) is 0 Å². The van der Waals surface area contributed by atoms with Crippen LogP contribution in [0.4, 0.5) is 0 Å². The first-order valence-corrected chi connectivity index (χ1v) is 11.3. The van der Waals surface area contributed by atoms with Crippen molar-refractivity contribution < 1.29 is 9.53 Å². The summed E-state index contributed by atoms with van der Waals surface area (Å²) in [5.74, 6) is 0.250. The summed E-state index contributed by atoms with van der Waals surface area (Å²) in [5, 5.41) is 10.9. The van der Waals surface area contributed by atoms with Gasteiger partial charge in [0.15, 0.2) is 8.32 Å². The standard InChI is InChI=1S/C20H29NO2Si/c1-16(17-11-8-7-9-12-17)19(22)21-14-10-13-18(21)15-23-24(5,6)20(2,3)4/h7-14,22H,15H2,1-6H3/q+1/b19-16-. The van der Waals surface area contributed by atoms with Gasteiger partial charge in [-0.15, -0.1) is 0 Å². The van der Waals surface area contributed by atoms with E-state index in [0.717, 1.165) is 17.2 Å². The maximum Gasteiger partial charge on any atom is 0.343 e. The molecule has 2 rings (SSSR count). The molecule has 1 aliphatic rings. The van der Waals surface area contributed by atoms with Gasteiger partial charge in [0.25, 0.3) is 0 Å². The van der Waals surface area contributed by atoms with Crippen molar-refractivity contribution in [2.75, 3.05) is 6.61 Å². The Balaban J connectivity index is 2.10. The van der Waals surface area contributed by atoms with E-state index in [4.69, 9.17) is 4.43 Å². The Morgan fingerprint density at radius 2 is 1.79 bits per heavy atom. The SMILES string of the molecule is C/C(=C(/O)[N+]1[CH][CH][CH][C]1CO[Si](C)(C)C(C)(C)C)c1ccccc1. The number of aliphatic hydroxyl groups excluding tert-OH is 1. The van der Waals surface area contributed by atoms with Crippen molar-refractivity contribution in [1.29, 1.82) is 0 Å². The van der Waals surface area contributed by atoms with Crippen LogP contribution in [0.1, 0.15) is 33.3 Å². The van der Waals surface area contributed by atoms with Crippen LogP contribution in [0.3, 0.4) is 0 Å². The van der Waals surface area contributed by atoms with Crippen molar-refractivity contribution in [3.8, 4) is 0 Å². The molecule has 0 spiro atoms. The van der Waals surface area contributed by atoms with E-state index in [1.807, 2.05) is 61.5 Å². The fourth-order valence-corrected chi connectivity index (χ4v) is 3.15. The number of aliphatic hydroxyl groups is 1. The van der Waals surface area contributed by atoms with E-state index < -0.39 is 8.32 Å². The van der Waals surface area contributed by atoms with Crippen molar-refractivity contribution in [2.24, 2.45) is 0 Å². The Morgan fingerprint density at radius 3 is 2.38 bits per heavy atom. The minimum absolute atomic E-state index is 0.169. The number of rotatable bonds is 5. The van der Waals surface area contributed by atoms with Crippen LogP contribution in [-0.4, -0.2) is 20.0 Å². The predicted molar refractivity (Wildman–Crippen MR) is 103 cm³/mol. The molecule has 1 saturated heterocycles. The monoisotopic (exact) mass is 343 g/mol. The van der Waals surface area contributed by atoms with Gasteiger partial charge < -0.3 is 9.53 Å². The van der Waals surface area contributed by atoms with Crippen molar-refractivity contribution in [2.45, 2.75) is 45.8 Å². The second kappa shape index (κ2) is 7.42. The van der Waals surface area contributed by atoms with Crippen molar-refractivity contribution >= 4 is 13.9 Å². The van der Waals surface area contributed by atoms with Gasteiger partial charge in [-0.25, -0.2) is 0 Å². The van der Waals surface area contributed by atoms with Crippen LogP contribution >= 0.6 is 0 Å². The summed E-state index contributed by atoms with van der Waals surface area (Å²) in [4.78, 5) is 1.81. The van der Waals surface area contributed by atoms with Gasteiger partial charge in [-0.1, -0.05) is 56.0 Å². The maximum absolute atomic E-state index is 10.7. The zero-order valence-electron chi connectivity index (χ0n) is 15.6. The van der Waals surface area contributed by atoms with Gasteiger partial charge in [-0.2, -0.15) is 0 Å². The Labute approximate surface area is 148 Å². The third-order valence-electron chi connectivity index (χ3n) is 4.99. The molecule has 0 atom stereocenters. The van der Waals surface area contributed by atoms with E-state index in [9.17, 15) is 5.11 Å². The number of likely N-dealkylation sites (tertiary alicyclic amines) is 1. The largest absolute Gasteiger partial charge is 0.464 e. The summed E-state index contributed by atoms with van der Waals surface area (Å²) >= 11 is 0. The average molecular weight is 344 g/mol. The molecule has 24 heavy (non-hydrogen) atoms. The molecule has 1 aliphatic heterocycles. The molecule has 1 aromatic carbocycles. The Hall–Kier alpha value is -1.10. The zero-order valence-corrected chi connectivity index (χ0v) is 16.6. The molecule has 0 saturated carbocycles. The molecule has 5 radical (unpaired) electrons. The van der Waals surface area contributed by atoms with Gasteiger partial charge in [0.05, 0.1) is 5.57 Å². The number of benzene rings is 1. The lowest BCUT2D eigenvalue weighted by Crippen LogP contribution is -2.43. The molecular formula is C20H29NO2Si+. The number of hydrogen-bond acceptors (Lipinski definition) is 3. The van der Waals surface area contributed by atoms with Crippen molar-refractivity contribution in [1.82, 2.24) is 4.90 Å². The molecule has 1 aromatic rings. The fourth-order valence-electron chi connectivity index (χ4n) is 2.21. The van der Waals surface area contributed by atoms with Crippen LogP contribution in [0, 0.1) is 25.4 Å². The average Bonchev–Trinajstić information content (AvgIpc) is 3.00. The summed E-state index contributed by atoms with van der Waals surface area (Å²) in [5.41, 5.74) is 1.86. The lowest BCUT2D eigenvalue weighted by molar-refractivity contribution is 0.257. The Morgan fingerprint density at radius 1 is 1.17 bits per heavy atom. The van der Waals surface area contributed by atoms with Crippen LogP contribution in [0.2, 0.25) is 18.1 Å². The van der Waals surface area contributed by atoms with Gasteiger partial charge >= 0.3 is 5.88 Å². The molecule has 129 valence electrons. The van der Waals surface area contributed by atoms with E-state index >= 15 is 0 Å². The fraction of sp³-hybridized carbons (Fsp3) is 0.400. The summed E-state index contributed by atoms with van der Waals surface area (Å²) in [6.45, 7) is 15.5. The third-order valence-corrected chi connectivity index (χ3v) is 9.47. The number of hydrogen-bond donors (Lipinski definition) is 1. The molecule has 4 heteroatoms. The topological polar surface area (TPSA) is 35.4 Å². The molecule has 0 aliphatic carbocycles. The highest BCUT2D eigenvalue weighted by molar-refractivity contribution is 6.74. The van der Waals surface area contributed by atoms with Crippen LogP contribution < -0.4 is 4.90 Å². The normalized spacial score (nSPS) is 18.8. The molecule has 0 aromatic heterocycles. The lowest BCUT2D eigenvalue weighted by atomic mass is 10.1. The summed E-state index contributed by atoms with van der Waals surface area (Å²) in [6.07, 6.45) is 3.94. The van der Waals surface area contributed by atoms with Crippen LogP contribution in [0.15, 0.2) is 36.2 Å². The van der Waals surface area contributed by atoms with Crippen molar-refractivity contribution in [3.63, 3.8) is 0 Å². The lowest BCUT2D eigenvalue weighted by Gasteiger charge is -2.36. The third kappa shape index (κ3) is 4.29. The quantitative estimate of drug-likeness (QED) is 0.452. The minimum atomic E-state index is -1.82. The molecule has 1 N–H and O–H groups in total. The van der Waals surface area contributed by atoms with Crippen LogP contribution in [0.25, 0.3) is 5.57 Å². The van der Waals surface area contributed by atoms with Gasteiger partial charge in [0, 0.05) is 12.8 Å². The molecule has 3 nitrogen and oxygen atoms in total. The highest BCUT2D eigenvalue weighted by Gasteiger charge is 2.45. The van der Waals surface area contributed by atoms with Gasteiger partial charge in [0.2, 0.25) is 12.6 Å². The second-order valence-corrected chi connectivity index (χ2v) is 12.5. The molecular weight excluding hydrogens is 314 g/mol. The second-order valence-electron chi connectivity index (χ2n) is 7.73. The van der Waals surface area contributed by atoms with Gasteiger partial charge in [-0.3, -0.25) is 0 Å². The Bertz CT molecular complexity index is 575. The predicted octanol–water partition coefficient (Wildman–Crippen LogP) is 5.21. The van der Waals surface area contributed by atoms with E-state index in [2.05, 4.69) is 33.9 Å². The van der Waals surface area contributed by atoms with Crippen molar-refractivity contribution in [3.05, 3.63) is 67.2 Å². The molecule has 0 amide bonds.